The third-order valence-corrected chi connectivity index (χ3v) is 2.29. The molecule has 0 bridgehead atoms. The monoisotopic (exact) mass is 202 g/mol. The van der Waals surface area contributed by atoms with Crippen LogP contribution in [0.1, 0.15) is 6.42 Å². The van der Waals surface area contributed by atoms with Crippen molar-refractivity contribution < 1.29 is 19.8 Å². The summed E-state index contributed by atoms with van der Waals surface area (Å²) in [6.45, 7) is 0.259. The zero-order valence-electron chi connectivity index (χ0n) is 7.93. The van der Waals surface area contributed by atoms with Gasteiger partial charge in [0.25, 0.3) is 0 Å². The first kappa shape index (κ1) is 10.9. The molecule has 0 radical (unpaired) electrons. The minimum Gasteiger partial charge on any atom is -0.480 e. The highest BCUT2D eigenvalue weighted by molar-refractivity contribution is 5.80. The first-order valence-corrected chi connectivity index (χ1v) is 4.40. The van der Waals surface area contributed by atoms with Gasteiger partial charge in [0, 0.05) is 20.0 Å². The third-order valence-electron chi connectivity index (χ3n) is 2.29. The van der Waals surface area contributed by atoms with Gasteiger partial charge >= 0.3 is 5.97 Å². The van der Waals surface area contributed by atoms with E-state index in [9.17, 15) is 14.7 Å². The topological polar surface area (TPSA) is 89.9 Å². The van der Waals surface area contributed by atoms with Gasteiger partial charge in [0.15, 0.2) is 0 Å². The van der Waals surface area contributed by atoms with Crippen LogP contribution in [0.4, 0.5) is 0 Å². The molecule has 0 aromatic rings. The Balaban J connectivity index is 2.57. The minimum absolute atomic E-state index is 0.0184. The minimum atomic E-state index is -0.995. The van der Waals surface area contributed by atoms with Crippen molar-refractivity contribution in [3.8, 4) is 0 Å². The highest BCUT2D eigenvalue weighted by Crippen LogP contribution is 2.17. The summed E-state index contributed by atoms with van der Waals surface area (Å²) in [6.07, 6.45) is -0.465. The standard InChI is InChI=1S/C8H14N2O4/c1-9-7(12)4-10-3-5(11)2-6(10)8(13)14/h5-6,11H,2-4H2,1H3,(H,9,12)(H,13,14). The Morgan fingerprint density at radius 1 is 1.57 bits per heavy atom. The number of hydrogen-bond donors (Lipinski definition) is 3. The van der Waals surface area contributed by atoms with Gasteiger partial charge in [0.2, 0.25) is 5.91 Å². The van der Waals surface area contributed by atoms with Crippen molar-refractivity contribution in [2.45, 2.75) is 18.6 Å². The molecule has 6 nitrogen and oxygen atoms in total. The van der Waals surface area contributed by atoms with Crippen LogP contribution in [0.15, 0.2) is 0 Å². The molecule has 0 aromatic carbocycles. The van der Waals surface area contributed by atoms with Gasteiger partial charge in [-0.3, -0.25) is 14.5 Å². The molecule has 1 fully saturated rings. The van der Waals surface area contributed by atoms with Crippen LogP contribution in [0.3, 0.4) is 0 Å². The Morgan fingerprint density at radius 2 is 2.21 bits per heavy atom. The molecule has 1 heterocycles. The lowest BCUT2D eigenvalue weighted by Gasteiger charge is -2.19. The molecule has 1 aliphatic rings. The first-order chi connectivity index (χ1) is 6.54. The van der Waals surface area contributed by atoms with Crippen LogP contribution in [-0.2, 0) is 9.59 Å². The van der Waals surface area contributed by atoms with E-state index in [4.69, 9.17) is 5.11 Å². The number of amides is 1. The molecule has 0 spiro atoms. The summed E-state index contributed by atoms with van der Waals surface area (Å²) >= 11 is 0. The second-order valence-corrected chi connectivity index (χ2v) is 3.35. The molecule has 1 amide bonds. The summed E-state index contributed by atoms with van der Waals surface area (Å²) in [4.78, 5) is 23.2. The zero-order chi connectivity index (χ0) is 10.7. The average molecular weight is 202 g/mol. The number of aliphatic hydroxyl groups is 1. The first-order valence-electron chi connectivity index (χ1n) is 4.40. The Morgan fingerprint density at radius 3 is 2.71 bits per heavy atom. The normalized spacial score (nSPS) is 27.6. The quantitative estimate of drug-likeness (QED) is 0.505. The number of carboxylic acid groups (broad SMARTS) is 1. The van der Waals surface area contributed by atoms with E-state index < -0.39 is 18.1 Å². The smallest absolute Gasteiger partial charge is 0.321 e. The van der Waals surface area contributed by atoms with Crippen LogP contribution in [0, 0.1) is 0 Å². The van der Waals surface area contributed by atoms with Crippen molar-refractivity contribution >= 4 is 11.9 Å². The summed E-state index contributed by atoms with van der Waals surface area (Å²) in [7, 11) is 1.49. The Labute approximate surface area is 81.5 Å². The van der Waals surface area contributed by atoms with Gasteiger partial charge < -0.3 is 15.5 Å². The fraction of sp³-hybridized carbons (Fsp3) is 0.750. The van der Waals surface area contributed by atoms with Crippen LogP contribution < -0.4 is 5.32 Å². The van der Waals surface area contributed by atoms with E-state index in [0.717, 1.165) is 0 Å². The molecule has 1 rings (SSSR count). The molecule has 2 unspecified atom stereocenters. The number of carbonyl (C=O) groups is 2. The molecule has 14 heavy (non-hydrogen) atoms. The van der Waals surface area contributed by atoms with Gasteiger partial charge in [0.05, 0.1) is 12.6 Å². The van der Waals surface area contributed by atoms with E-state index in [1.807, 2.05) is 0 Å². The molecule has 0 saturated carbocycles. The van der Waals surface area contributed by atoms with Crippen LogP contribution in [-0.4, -0.2) is 59.3 Å². The van der Waals surface area contributed by atoms with Crippen molar-refractivity contribution in [2.75, 3.05) is 20.1 Å². The number of β-amino-alcohol motifs (C(OH)–C–C–N with tert-alkyl or cyclic N) is 1. The average Bonchev–Trinajstić information content (AvgIpc) is 2.46. The molecule has 1 saturated heterocycles. The van der Waals surface area contributed by atoms with Crippen molar-refractivity contribution in [3.05, 3.63) is 0 Å². The van der Waals surface area contributed by atoms with E-state index >= 15 is 0 Å². The van der Waals surface area contributed by atoms with E-state index in [0.29, 0.717) is 0 Å². The summed E-state index contributed by atoms with van der Waals surface area (Å²) < 4.78 is 0. The lowest BCUT2D eigenvalue weighted by molar-refractivity contribution is -0.142. The lowest BCUT2D eigenvalue weighted by Crippen LogP contribution is -2.42. The molecule has 80 valence electrons. The van der Waals surface area contributed by atoms with Crippen molar-refractivity contribution in [1.29, 1.82) is 0 Å². The van der Waals surface area contributed by atoms with E-state index in [1.165, 1.54) is 11.9 Å². The predicted molar refractivity (Wildman–Crippen MR) is 47.7 cm³/mol. The predicted octanol–water partition coefficient (Wildman–Crippen LogP) is -1.75. The lowest BCUT2D eigenvalue weighted by atomic mass is 10.2. The SMILES string of the molecule is CNC(=O)CN1CC(O)CC1C(=O)O. The Bertz CT molecular complexity index is 243. The number of aliphatic carboxylic acids is 1. The molecule has 3 N–H and O–H groups in total. The van der Waals surface area contributed by atoms with E-state index in [1.54, 1.807) is 0 Å². The largest absolute Gasteiger partial charge is 0.480 e. The van der Waals surface area contributed by atoms with Gasteiger partial charge in [-0.2, -0.15) is 0 Å². The van der Waals surface area contributed by atoms with Gasteiger partial charge in [-0.25, -0.2) is 0 Å². The molecular formula is C8H14N2O4. The number of nitrogens with one attached hydrogen (secondary N) is 1. The van der Waals surface area contributed by atoms with Crippen LogP contribution >= 0.6 is 0 Å². The van der Waals surface area contributed by atoms with Crippen molar-refractivity contribution in [2.24, 2.45) is 0 Å². The van der Waals surface area contributed by atoms with Crippen molar-refractivity contribution in [3.63, 3.8) is 0 Å². The highest BCUT2D eigenvalue weighted by atomic mass is 16.4. The number of likely N-dealkylation sites (tertiary alicyclic amines) is 1. The fourth-order valence-corrected chi connectivity index (χ4v) is 1.57. The molecule has 1 aliphatic heterocycles. The maximum absolute atomic E-state index is 11.0. The van der Waals surface area contributed by atoms with Crippen LogP contribution in [0.5, 0.6) is 0 Å². The molecule has 0 aliphatic carbocycles. The summed E-state index contributed by atoms with van der Waals surface area (Å²) in [5.74, 6) is -1.24. The second-order valence-electron chi connectivity index (χ2n) is 3.35. The van der Waals surface area contributed by atoms with Crippen molar-refractivity contribution in [1.82, 2.24) is 10.2 Å². The Kier molecular flexibility index (Phi) is 3.43. The van der Waals surface area contributed by atoms with Crippen LogP contribution in [0.2, 0.25) is 0 Å². The van der Waals surface area contributed by atoms with Gasteiger partial charge in [0.1, 0.15) is 6.04 Å². The van der Waals surface area contributed by atoms with Gasteiger partial charge in [-0.15, -0.1) is 0 Å². The van der Waals surface area contributed by atoms with E-state index in [2.05, 4.69) is 5.32 Å². The van der Waals surface area contributed by atoms with E-state index in [-0.39, 0.29) is 25.4 Å². The molecular weight excluding hydrogens is 188 g/mol. The number of likely N-dealkylation sites (N-methyl/N-ethyl adjacent to an activating group) is 1. The summed E-state index contributed by atoms with van der Waals surface area (Å²) in [5.41, 5.74) is 0. The fourth-order valence-electron chi connectivity index (χ4n) is 1.57. The highest BCUT2D eigenvalue weighted by Gasteiger charge is 2.36. The molecule has 0 aromatic heterocycles. The van der Waals surface area contributed by atoms with Gasteiger partial charge in [-0.05, 0) is 0 Å². The maximum atomic E-state index is 11.0. The molecule has 2 atom stereocenters. The Hall–Kier alpha value is -1.14. The summed E-state index contributed by atoms with van der Waals surface area (Å²) in [5, 5.41) is 20.5. The van der Waals surface area contributed by atoms with Gasteiger partial charge in [-0.1, -0.05) is 0 Å². The third kappa shape index (κ3) is 2.43. The molecule has 6 heteroatoms. The second kappa shape index (κ2) is 4.39. The number of carbonyl (C=O) groups excluding carboxylic acids is 1. The number of aliphatic hydroxyl groups excluding tert-OH is 1. The zero-order valence-corrected chi connectivity index (χ0v) is 7.93. The maximum Gasteiger partial charge on any atom is 0.321 e. The summed E-state index contributed by atoms with van der Waals surface area (Å²) in [6, 6.07) is -0.748. The number of nitrogens with zero attached hydrogens (tertiary/aromatic N) is 1. The number of rotatable bonds is 3. The number of carboxylic acids is 1. The number of hydrogen-bond acceptors (Lipinski definition) is 4. The van der Waals surface area contributed by atoms with Crippen LogP contribution in [0.25, 0.3) is 0 Å².